The minimum Gasteiger partial charge on any atom is -0.388 e. The third-order valence-electron chi connectivity index (χ3n) is 7.44. The van der Waals surface area contributed by atoms with Gasteiger partial charge in [-0.2, -0.15) is 9.29 Å². The number of aliphatic hydroxyl groups is 1. The lowest BCUT2D eigenvalue weighted by Gasteiger charge is -2.40. The molecule has 1 aromatic heterocycles. The van der Waals surface area contributed by atoms with Gasteiger partial charge in [-0.25, -0.2) is 22.2 Å². The summed E-state index contributed by atoms with van der Waals surface area (Å²) in [7, 11) is -3.73. The highest BCUT2D eigenvalue weighted by molar-refractivity contribution is 7.89. The molecular weight excluding hydrogens is 526 g/mol. The van der Waals surface area contributed by atoms with Crippen LogP contribution in [0.1, 0.15) is 32.6 Å². The highest BCUT2D eigenvalue weighted by atomic mass is 32.2. The first-order valence-electron chi connectivity index (χ1n) is 13.0. The second-order valence-electron chi connectivity index (χ2n) is 10.3. The van der Waals surface area contributed by atoms with Crippen LogP contribution in [0.15, 0.2) is 59.6 Å². The van der Waals surface area contributed by atoms with Crippen molar-refractivity contribution >= 4 is 33.2 Å². The summed E-state index contributed by atoms with van der Waals surface area (Å²) in [5.74, 6) is -1.10. The van der Waals surface area contributed by atoms with Crippen molar-refractivity contribution < 1.29 is 22.3 Å². The van der Waals surface area contributed by atoms with Crippen molar-refractivity contribution in [3.8, 4) is 0 Å². The summed E-state index contributed by atoms with van der Waals surface area (Å²) < 4.78 is 55.3. The minimum absolute atomic E-state index is 0.0949. The van der Waals surface area contributed by atoms with Crippen LogP contribution in [0.2, 0.25) is 0 Å². The lowest BCUT2D eigenvalue weighted by atomic mass is 9.91. The summed E-state index contributed by atoms with van der Waals surface area (Å²) in [6.07, 6.45) is 4.05. The van der Waals surface area contributed by atoms with Gasteiger partial charge in [0.15, 0.2) is 11.6 Å². The standard InChI is InChI=1S/C27H32F2N6O3S/c1-19-3-2-14-34(19)18-27(36)12-15-35(16-13-27)39(37,38)23-10-8-22(9-11-23)32-26-30-17-24(29)25(33-26)31-21-6-4-20(28)5-7-21/h4-11,17,19,36H,2-3,12-16,18H2,1H3,(H2,30,31,32,33). The third-order valence-corrected chi connectivity index (χ3v) is 9.35. The number of hydrogen-bond acceptors (Lipinski definition) is 8. The van der Waals surface area contributed by atoms with Crippen molar-refractivity contribution in [3.63, 3.8) is 0 Å². The van der Waals surface area contributed by atoms with Gasteiger partial charge in [-0.1, -0.05) is 0 Å². The summed E-state index contributed by atoms with van der Waals surface area (Å²) in [6, 6.07) is 12.0. The van der Waals surface area contributed by atoms with E-state index in [4.69, 9.17) is 0 Å². The Morgan fingerprint density at radius 1 is 1.00 bits per heavy atom. The van der Waals surface area contributed by atoms with E-state index in [1.54, 1.807) is 12.1 Å². The van der Waals surface area contributed by atoms with Crippen LogP contribution in [0.25, 0.3) is 0 Å². The molecule has 5 rings (SSSR count). The maximum absolute atomic E-state index is 14.2. The maximum Gasteiger partial charge on any atom is 0.243 e. The molecule has 0 spiro atoms. The monoisotopic (exact) mass is 558 g/mol. The van der Waals surface area contributed by atoms with Gasteiger partial charge < -0.3 is 15.7 Å². The van der Waals surface area contributed by atoms with Crippen molar-refractivity contribution in [2.24, 2.45) is 0 Å². The Morgan fingerprint density at radius 2 is 1.64 bits per heavy atom. The van der Waals surface area contributed by atoms with E-state index in [1.165, 1.54) is 40.7 Å². The molecule has 0 radical (unpaired) electrons. The molecule has 2 aliphatic rings. The summed E-state index contributed by atoms with van der Waals surface area (Å²) in [4.78, 5) is 10.5. The summed E-state index contributed by atoms with van der Waals surface area (Å²) in [6.45, 7) is 4.24. The number of aromatic nitrogens is 2. The number of hydrogen-bond donors (Lipinski definition) is 3. The first-order valence-corrected chi connectivity index (χ1v) is 14.4. The molecule has 2 aromatic carbocycles. The van der Waals surface area contributed by atoms with E-state index in [0.717, 1.165) is 25.6 Å². The van der Waals surface area contributed by atoms with Gasteiger partial charge in [-0.05, 0) is 87.7 Å². The zero-order valence-corrected chi connectivity index (χ0v) is 22.5. The quantitative estimate of drug-likeness (QED) is 0.377. The number of benzene rings is 2. The molecule has 208 valence electrons. The Hall–Kier alpha value is -3.19. The topological polar surface area (TPSA) is 111 Å². The van der Waals surface area contributed by atoms with Crippen LogP contribution in [0, 0.1) is 11.6 Å². The van der Waals surface area contributed by atoms with Crippen molar-refractivity contribution in [3.05, 3.63) is 66.4 Å². The Kier molecular flexibility index (Phi) is 7.81. The minimum atomic E-state index is -3.73. The van der Waals surface area contributed by atoms with E-state index in [1.807, 2.05) is 0 Å². The molecular formula is C27H32F2N6O3S. The molecule has 1 atom stereocenters. The number of anilines is 4. The highest BCUT2D eigenvalue weighted by Crippen LogP contribution is 2.30. The van der Waals surface area contributed by atoms with Crippen LogP contribution in [-0.2, 0) is 10.0 Å². The normalized spacial score (nSPS) is 20.2. The molecule has 2 fully saturated rings. The molecule has 2 aliphatic heterocycles. The number of halogens is 2. The van der Waals surface area contributed by atoms with E-state index in [9.17, 15) is 22.3 Å². The molecule has 2 saturated heterocycles. The first kappa shape index (κ1) is 27.4. The van der Waals surface area contributed by atoms with Crippen LogP contribution < -0.4 is 10.6 Å². The number of sulfonamides is 1. The van der Waals surface area contributed by atoms with E-state index in [2.05, 4.69) is 32.4 Å². The van der Waals surface area contributed by atoms with E-state index in [0.29, 0.717) is 36.8 Å². The van der Waals surface area contributed by atoms with E-state index in [-0.39, 0.29) is 29.8 Å². The molecule has 0 bridgehead atoms. The van der Waals surface area contributed by atoms with Crippen LogP contribution in [-0.4, -0.2) is 70.5 Å². The number of β-amino-alcohol motifs (C(OH)–C–C–N with tert-alkyl or cyclic N) is 1. The van der Waals surface area contributed by atoms with Gasteiger partial charge in [-0.3, -0.25) is 4.90 Å². The van der Waals surface area contributed by atoms with Crippen molar-refractivity contribution in [2.45, 2.75) is 49.1 Å². The van der Waals surface area contributed by atoms with Crippen LogP contribution in [0.3, 0.4) is 0 Å². The number of rotatable bonds is 8. The molecule has 9 nitrogen and oxygen atoms in total. The predicted octanol–water partition coefficient (Wildman–Crippen LogP) is 4.24. The lowest BCUT2D eigenvalue weighted by Crippen LogP contribution is -2.52. The Balaban J connectivity index is 1.21. The predicted molar refractivity (Wildman–Crippen MR) is 145 cm³/mol. The lowest BCUT2D eigenvalue weighted by molar-refractivity contribution is -0.0342. The highest BCUT2D eigenvalue weighted by Gasteiger charge is 2.39. The first-order chi connectivity index (χ1) is 18.6. The Labute approximate surface area is 226 Å². The Morgan fingerprint density at radius 3 is 2.28 bits per heavy atom. The molecule has 3 aromatic rings. The van der Waals surface area contributed by atoms with Gasteiger partial charge >= 0.3 is 0 Å². The average molecular weight is 559 g/mol. The van der Waals surface area contributed by atoms with Gasteiger partial charge in [0.25, 0.3) is 0 Å². The zero-order chi connectivity index (χ0) is 27.6. The van der Waals surface area contributed by atoms with E-state index < -0.39 is 27.3 Å². The van der Waals surface area contributed by atoms with Crippen molar-refractivity contribution in [2.75, 3.05) is 36.8 Å². The van der Waals surface area contributed by atoms with Crippen molar-refractivity contribution in [1.82, 2.24) is 19.2 Å². The van der Waals surface area contributed by atoms with Gasteiger partial charge in [0.1, 0.15) is 5.82 Å². The van der Waals surface area contributed by atoms with Crippen LogP contribution in [0.4, 0.5) is 31.9 Å². The van der Waals surface area contributed by atoms with E-state index >= 15 is 0 Å². The fourth-order valence-electron chi connectivity index (χ4n) is 5.08. The number of nitrogens with one attached hydrogen (secondary N) is 2. The summed E-state index contributed by atoms with van der Waals surface area (Å²) in [5.41, 5.74) is 0.0927. The van der Waals surface area contributed by atoms with Crippen molar-refractivity contribution in [1.29, 1.82) is 0 Å². The van der Waals surface area contributed by atoms with Gasteiger partial charge in [0.05, 0.1) is 16.7 Å². The molecule has 12 heteroatoms. The largest absolute Gasteiger partial charge is 0.388 e. The molecule has 0 aliphatic carbocycles. The van der Waals surface area contributed by atoms with Crippen LogP contribution >= 0.6 is 0 Å². The fourth-order valence-corrected chi connectivity index (χ4v) is 6.52. The zero-order valence-electron chi connectivity index (χ0n) is 21.6. The molecule has 39 heavy (non-hydrogen) atoms. The molecule has 0 saturated carbocycles. The molecule has 3 N–H and O–H groups in total. The maximum atomic E-state index is 14.2. The van der Waals surface area contributed by atoms with Gasteiger partial charge in [0, 0.05) is 37.1 Å². The number of likely N-dealkylation sites (tertiary alicyclic amines) is 1. The number of piperidine rings is 1. The second-order valence-corrected chi connectivity index (χ2v) is 12.2. The van der Waals surface area contributed by atoms with Gasteiger partial charge in [-0.15, -0.1) is 0 Å². The smallest absolute Gasteiger partial charge is 0.243 e. The molecule has 3 heterocycles. The SMILES string of the molecule is CC1CCCN1CC1(O)CCN(S(=O)(=O)c2ccc(Nc3ncc(F)c(Nc4ccc(F)cc4)n3)cc2)CC1. The fraction of sp³-hybridized carbons (Fsp3) is 0.407. The summed E-state index contributed by atoms with van der Waals surface area (Å²) >= 11 is 0. The molecule has 1 unspecified atom stereocenters. The number of nitrogens with zero attached hydrogens (tertiary/aromatic N) is 4. The second kappa shape index (κ2) is 11.1. The average Bonchev–Trinajstić information content (AvgIpc) is 3.31. The Bertz CT molecular complexity index is 1400. The van der Waals surface area contributed by atoms with Crippen LogP contribution in [0.5, 0.6) is 0 Å². The molecule has 0 amide bonds. The van der Waals surface area contributed by atoms with Gasteiger partial charge in [0.2, 0.25) is 16.0 Å². The third kappa shape index (κ3) is 6.35. The summed E-state index contributed by atoms with van der Waals surface area (Å²) in [5, 5.41) is 16.8.